The van der Waals surface area contributed by atoms with Gasteiger partial charge in [-0.1, -0.05) is 24.3 Å². The molecule has 2 amide bonds. The maximum atomic E-state index is 12.9. The predicted molar refractivity (Wildman–Crippen MR) is 159 cm³/mol. The monoisotopic (exact) mass is 573 g/mol. The van der Waals surface area contributed by atoms with Gasteiger partial charge in [-0.15, -0.1) is 11.3 Å². The Kier molecular flexibility index (Phi) is 8.00. The van der Waals surface area contributed by atoms with E-state index < -0.39 is 10.5 Å². The van der Waals surface area contributed by atoms with Crippen LogP contribution in [0.5, 0.6) is 0 Å². The largest absolute Gasteiger partial charge is 0.444 e. The lowest BCUT2D eigenvalue weighted by Gasteiger charge is -2.35. The molecule has 212 valence electrons. The average molecular weight is 574 g/mol. The number of ether oxygens (including phenoxy) is 1. The van der Waals surface area contributed by atoms with Crippen LogP contribution in [-0.4, -0.2) is 63.5 Å². The van der Waals surface area contributed by atoms with Crippen molar-refractivity contribution in [1.82, 2.24) is 14.8 Å². The Balaban J connectivity index is 1.31. The number of nitro benzene ring substituents is 1. The highest BCUT2D eigenvalue weighted by atomic mass is 32.1. The highest BCUT2D eigenvalue weighted by Crippen LogP contribution is 2.36. The third-order valence-corrected chi connectivity index (χ3v) is 7.72. The molecule has 4 aromatic rings. The van der Waals surface area contributed by atoms with E-state index in [4.69, 9.17) is 9.72 Å². The van der Waals surface area contributed by atoms with Crippen LogP contribution in [0.3, 0.4) is 0 Å². The molecule has 0 radical (unpaired) electrons. The van der Waals surface area contributed by atoms with Gasteiger partial charge in [0.05, 0.1) is 20.8 Å². The Morgan fingerprint density at radius 3 is 2.39 bits per heavy atom. The topological polar surface area (TPSA) is 118 Å². The molecule has 0 spiro atoms. The molecular formula is C30H31N5O5S. The van der Waals surface area contributed by atoms with Crippen LogP contribution in [-0.2, 0) is 11.3 Å². The van der Waals surface area contributed by atoms with Crippen LogP contribution in [0.15, 0.2) is 66.7 Å². The summed E-state index contributed by atoms with van der Waals surface area (Å²) in [5.74, 6) is -0.361. The number of nitro groups is 1. The van der Waals surface area contributed by atoms with Crippen LogP contribution in [0.2, 0.25) is 0 Å². The molecule has 2 heterocycles. The summed E-state index contributed by atoms with van der Waals surface area (Å²) in [4.78, 5) is 44.8. The fraction of sp³-hybridized carbons (Fsp3) is 0.300. The number of hydrogen-bond donors (Lipinski definition) is 1. The summed E-state index contributed by atoms with van der Waals surface area (Å²) < 4.78 is 6.56. The van der Waals surface area contributed by atoms with Crippen LogP contribution < -0.4 is 5.32 Å². The van der Waals surface area contributed by atoms with E-state index in [1.165, 1.54) is 24.3 Å². The Bertz CT molecular complexity index is 1590. The number of para-hydroxylation sites is 2. The van der Waals surface area contributed by atoms with Crippen LogP contribution in [0.25, 0.3) is 20.8 Å². The number of anilines is 1. The third-order valence-electron chi connectivity index (χ3n) is 6.67. The molecule has 41 heavy (non-hydrogen) atoms. The molecule has 0 atom stereocenters. The van der Waals surface area contributed by atoms with Crippen molar-refractivity contribution in [3.8, 4) is 10.6 Å². The maximum Gasteiger partial charge on any atom is 0.410 e. The zero-order valence-electron chi connectivity index (χ0n) is 23.1. The number of amides is 2. The zero-order valence-corrected chi connectivity index (χ0v) is 23.9. The number of nitrogens with one attached hydrogen (secondary N) is 1. The summed E-state index contributed by atoms with van der Waals surface area (Å²) in [5, 5.41) is 14.7. The molecule has 0 bridgehead atoms. The smallest absolute Gasteiger partial charge is 0.410 e. The Morgan fingerprint density at radius 2 is 1.71 bits per heavy atom. The first-order valence-electron chi connectivity index (χ1n) is 13.3. The summed E-state index contributed by atoms with van der Waals surface area (Å²) >= 11 is 1.55. The molecule has 0 unspecified atom stereocenters. The summed E-state index contributed by atoms with van der Waals surface area (Å²) in [7, 11) is 0. The van der Waals surface area contributed by atoms with E-state index >= 15 is 0 Å². The van der Waals surface area contributed by atoms with Crippen LogP contribution in [0, 0.1) is 10.1 Å². The van der Waals surface area contributed by atoms with Crippen molar-refractivity contribution in [2.45, 2.75) is 32.9 Å². The summed E-state index contributed by atoms with van der Waals surface area (Å²) in [6, 6.07) is 19.1. The minimum absolute atomic E-state index is 0.0721. The van der Waals surface area contributed by atoms with Gasteiger partial charge in [0.1, 0.15) is 10.6 Å². The van der Waals surface area contributed by atoms with Gasteiger partial charge in [0.25, 0.3) is 11.6 Å². The van der Waals surface area contributed by atoms with Crippen molar-refractivity contribution < 1.29 is 19.2 Å². The molecule has 1 fully saturated rings. The van der Waals surface area contributed by atoms with E-state index in [0.29, 0.717) is 30.9 Å². The molecule has 0 aliphatic carbocycles. The molecule has 1 saturated heterocycles. The molecule has 1 aromatic heterocycles. The van der Waals surface area contributed by atoms with Crippen LogP contribution in [0.1, 0.15) is 36.7 Å². The SMILES string of the molecule is CC(C)(C)OC(=O)N1CCN(Cc2cccc3sc(-c4ccccc4NC(=O)c4ccc([N+](=O)[O-])cc4)nc23)CC1. The number of rotatable bonds is 6. The summed E-state index contributed by atoms with van der Waals surface area (Å²) in [6.07, 6.45) is -0.275. The first-order valence-corrected chi connectivity index (χ1v) is 14.1. The highest BCUT2D eigenvalue weighted by molar-refractivity contribution is 7.21. The van der Waals surface area contributed by atoms with Gasteiger partial charge in [-0.25, -0.2) is 9.78 Å². The fourth-order valence-electron chi connectivity index (χ4n) is 4.61. The molecule has 3 aromatic carbocycles. The number of piperazine rings is 1. The van der Waals surface area contributed by atoms with Gasteiger partial charge in [-0.3, -0.25) is 19.8 Å². The first-order chi connectivity index (χ1) is 19.6. The fourth-order valence-corrected chi connectivity index (χ4v) is 5.67. The third kappa shape index (κ3) is 6.69. The first kappa shape index (κ1) is 28.2. The molecule has 1 aliphatic rings. The minimum atomic E-state index is -0.516. The normalized spacial score (nSPS) is 14.2. The number of carbonyl (C=O) groups is 2. The van der Waals surface area contributed by atoms with Gasteiger partial charge >= 0.3 is 6.09 Å². The molecule has 11 heteroatoms. The number of fused-ring (bicyclic) bond motifs is 1. The van der Waals surface area contributed by atoms with Crippen molar-refractivity contribution in [2.75, 3.05) is 31.5 Å². The predicted octanol–water partition coefficient (Wildman–Crippen LogP) is 6.18. The van der Waals surface area contributed by atoms with E-state index in [1.54, 1.807) is 16.2 Å². The lowest BCUT2D eigenvalue weighted by Crippen LogP contribution is -2.49. The highest BCUT2D eigenvalue weighted by Gasteiger charge is 2.26. The average Bonchev–Trinajstić information content (AvgIpc) is 3.38. The second-order valence-electron chi connectivity index (χ2n) is 10.8. The maximum absolute atomic E-state index is 12.9. The van der Waals surface area contributed by atoms with Crippen LogP contribution in [0.4, 0.5) is 16.2 Å². The molecule has 10 nitrogen and oxygen atoms in total. The quantitative estimate of drug-likeness (QED) is 0.216. The molecule has 1 N–H and O–H groups in total. The lowest BCUT2D eigenvalue weighted by molar-refractivity contribution is -0.384. The number of non-ortho nitro benzene ring substituents is 1. The second-order valence-corrected chi connectivity index (χ2v) is 11.9. The number of thiazole rings is 1. The van der Waals surface area contributed by atoms with Crippen molar-refractivity contribution in [2.24, 2.45) is 0 Å². The number of hydrogen-bond acceptors (Lipinski definition) is 8. The van der Waals surface area contributed by atoms with Gasteiger partial charge in [-0.05, 0) is 56.7 Å². The molecule has 1 aliphatic heterocycles. The number of nitrogens with zero attached hydrogens (tertiary/aromatic N) is 4. The summed E-state index contributed by atoms with van der Waals surface area (Å²) in [6.45, 7) is 9.01. The van der Waals surface area contributed by atoms with Gasteiger partial charge in [-0.2, -0.15) is 0 Å². The Morgan fingerprint density at radius 1 is 1.00 bits per heavy atom. The van der Waals surface area contributed by atoms with E-state index in [0.717, 1.165) is 39.4 Å². The number of benzene rings is 3. The van der Waals surface area contributed by atoms with E-state index in [2.05, 4.69) is 16.3 Å². The lowest BCUT2D eigenvalue weighted by atomic mass is 10.1. The van der Waals surface area contributed by atoms with Crippen LogP contribution >= 0.6 is 11.3 Å². The Labute approximate surface area is 241 Å². The number of aromatic nitrogens is 1. The van der Waals surface area contributed by atoms with E-state index in [9.17, 15) is 19.7 Å². The molecule has 5 rings (SSSR count). The van der Waals surface area contributed by atoms with Crippen molar-refractivity contribution in [3.63, 3.8) is 0 Å². The van der Waals surface area contributed by atoms with E-state index in [-0.39, 0.29) is 17.7 Å². The Hall–Kier alpha value is -4.35. The minimum Gasteiger partial charge on any atom is -0.444 e. The second kappa shape index (κ2) is 11.6. The number of carbonyl (C=O) groups excluding carboxylic acids is 2. The molecular weight excluding hydrogens is 542 g/mol. The van der Waals surface area contributed by atoms with Gasteiger partial charge in [0.15, 0.2) is 0 Å². The van der Waals surface area contributed by atoms with Crippen molar-refractivity contribution in [3.05, 3.63) is 88.0 Å². The zero-order chi connectivity index (χ0) is 29.1. The summed E-state index contributed by atoms with van der Waals surface area (Å²) in [5.41, 5.74) is 3.15. The van der Waals surface area contributed by atoms with Gasteiger partial charge < -0.3 is 15.0 Å². The molecule has 0 saturated carbocycles. The van der Waals surface area contributed by atoms with Crippen molar-refractivity contribution >= 4 is 44.9 Å². The van der Waals surface area contributed by atoms with E-state index in [1.807, 2.05) is 57.2 Å². The van der Waals surface area contributed by atoms with Gasteiger partial charge in [0.2, 0.25) is 0 Å². The standard InChI is InChI=1S/C30H31N5O5S/c1-30(2,3)40-29(37)34-17-15-33(16-18-34)19-21-7-6-10-25-26(21)32-28(41-25)23-8-4-5-9-24(23)31-27(36)20-11-13-22(14-12-20)35(38)39/h4-14H,15-19H2,1-3H3,(H,31,36). The van der Waals surface area contributed by atoms with Crippen molar-refractivity contribution in [1.29, 1.82) is 0 Å². The van der Waals surface area contributed by atoms with Gasteiger partial charge in [0, 0.05) is 56.0 Å².